The van der Waals surface area contributed by atoms with Crippen molar-refractivity contribution < 1.29 is 0 Å². The number of rotatable bonds is 1. The second-order valence-corrected chi connectivity index (χ2v) is 2.95. The lowest BCUT2D eigenvalue weighted by Crippen LogP contribution is -1.95. The average Bonchev–Trinajstić information content (AvgIpc) is 2.51. The molecule has 2 aromatic rings. The van der Waals surface area contributed by atoms with Gasteiger partial charge in [0.15, 0.2) is 0 Å². The first-order valence-corrected chi connectivity index (χ1v) is 4.12. The van der Waals surface area contributed by atoms with Crippen molar-refractivity contribution in [1.29, 1.82) is 5.26 Å². The number of hydrogen-bond acceptors (Lipinski definition) is 2. The molecule has 0 N–H and O–H groups in total. The van der Waals surface area contributed by atoms with Crippen molar-refractivity contribution in [2.75, 3.05) is 0 Å². The third-order valence-electron chi connectivity index (χ3n) is 2.06. The van der Waals surface area contributed by atoms with E-state index in [1.165, 1.54) is 0 Å². The molecule has 2 rings (SSSR count). The number of nitriles is 1. The summed E-state index contributed by atoms with van der Waals surface area (Å²) in [6, 6.07) is 8.04. The molecule has 0 aromatic carbocycles. The summed E-state index contributed by atoms with van der Waals surface area (Å²) in [5, 5.41) is 8.60. The molecule has 13 heavy (non-hydrogen) atoms. The second kappa shape index (κ2) is 2.91. The molecule has 2 heterocycles. The Morgan fingerprint density at radius 2 is 2.38 bits per heavy atom. The lowest BCUT2D eigenvalue weighted by Gasteiger charge is -2.01. The van der Waals surface area contributed by atoms with E-state index in [0.29, 0.717) is 6.42 Å². The van der Waals surface area contributed by atoms with E-state index in [1.807, 2.05) is 29.5 Å². The number of imidazole rings is 1. The van der Waals surface area contributed by atoms with Gasteiger partial charge in [0.1, 0.15) is 5.65 Å². The van der Waals surface area contributed by atoms with Gasteiger partial charge >= 0.3 is 0 Å². The van der Waals surface area contributed by atoms with Gasteiger partial charge in [0.25, 0.3) is 0 Å². The van der Waals surface area contributed by atoms with Crippen LogP contribution in [-0.4, -0.2) is 9.38 Å². The van der Waals surface area contributed by atoms with Gasteiger partial charge < -0.3 is 4.40 Å². The molecule has 0 aliphatic carbocycles. The van der Waals surface area contributed by atoms with E-state index in [-0.39, 0.29) is 0 Å². The summed E-state index contributed by atoms with van der Waals surface area (Å²) in [6.45, 7) is 2.01. The van der Waals surface area contributed by atoms with E-state index in [4.69, 9.17) is 5.26 Å². The Hall–Kier alpha value is -1.82. The lowest BCUT2D eigenvalue weighted by atomic mass is 10.3. The number of fused-ring (bicyclic) bond motifs is 1. The highest BCUT2D eigenvalue weighted by Gasteiger charge is 2.03. The third kappa shape index (κ3) is 1.17. The Morgan fingerprint density at radius 3 is 3.15 bits per heavy atom. The van der Waals surface area contributed by atoms with E-state index in [2.05, 4.69) is 11.1 Å². The smallest absolute Gasteiger partial charge is 0.137 e. The molecule has 0 saturated heterocycles. The van der Waals surface area contributed by atoms with Crippen molar-refractivity contribution in [1.82, 2.24) is 9.38 Å². The van der Waals surface area contributed by atoms with Crippen molar-refractivity contribution in [2.24, 2.45) is 0 Å². The third-order valence-corrected chi connectivity index (χ3v) is 2.06. The molecule has 64 valence electrons. The van der Waals surface area contributed by atoms with Crippen molar-refractivity contribution in [3.8, 4) is 6.07 Å². The van der Waals surface area contributed by atoms with E-state index in [0.717, 1.165) is 17.0 Å². The van der Waals surface area contributed by atoms with E-state index >= 15 is 0 Å². The standard InChI is InChI=1S/C10H9N3/c1-8-3-2-4-10-12-7-9(5-6-11)13(8)10/h2-4,7H,5H2,1H3. The fourth-order valence-corrected chi connectivity index (χ4v) is 1.48. The molecule has 3 heteroatoms. The highest BCUT2D eigenvalue weighted by Crippen LogP contribution is 2.09. The van der Waals surface area contributed by atoms with Crippen molar-refractivity contribution in [3.63, 3.8) is 0 Å². The van der Waals surface area contributed by atoms with E-state index < -0.39 is 0 Å². The van der Waals surface area contributed by atoms with Crippen LogP contribution in [0.2, 0.25) is 0 Å². The van der Waals surface area contributed by atoms with Crippen molar-refractivity contribution in [3.05, 3.63) is 35.8 Å². The van der Waals surface area contributed by atoms with E-state index in [1.54, 1.807) is 6.20 Å². The van der Waals surface area contributed by atoms with Crippen LogP contribution in [0.4, 0.5) is 0 Å². The van der Waals surface area contributed by atoms with Gasteiger partial charge in [0, 0.05) is 5.69 Å². The maximum absolute atomic E-state index is 8.60. The molecule has 0 saturated carbocycles. The van der Waals surface area contributed by atoms with Crippen LogP contribution < -0.4 is 0 Å². The van der Waals surface area contributed by atoms with Crippen molar-refractivity contribution >= 4 is 5.65 Å². The van der Waals surface area contributed by atoms with Gasteiger partial charge in [-0.1, -0.05) is 6.07 Å². The number of hydrogen-bond donors (Lipinski definition) is 0. The fraction of sp³-hybridized carbons (Fsp3) is 0.200. The molecule has 0 unspecified atom stereocenters. The summed E-state index contributed by atoms with van der Waals surface area (Å²) in [6.07, 6.45) is 2.16. The molecule has 0 radical (unpaired) electrons. The molecular weight excluding hydrogens is 162 g/mol. The van der Waals surface area contributed by atoms with Gasteiger partial charge in [-0.05, 0) is 19.1 Å². The molecule has 0 spiro atoms. The summed E-state index contributed by atoms with van der Waals surface area (Å²) in [7, 11) is 0. The van der Waals surface area contributed by atoms with Gasteiger partial charge in [-0.3, -0.25) is 0 Å². The highest BCUT2D eigenvalue weighted by molar-refractivity contribution is 5.42. The topological polar surface area (TPSA) is 41.1 Å². The first-order valence-electron chi connectivity index (χ1n) is 4.12. The Balaban J connectivity index is 2.73. The largest absolute Gasteiger partial charge is 0.300 e. The zero-order chi connectivity index (χ0) is 9.26. The molecule has 2 aromatic heterocycles. The Morgan fingerprint density at radius 1 is 1.54 bits per heavy atom. The summed E-state index contributed by atoms with van der Waals surface area (Å²) >= 11 is 0. The van der Waals surface area contributed by atoms with Crippen molar-refractivity contribution in [2.45, 2.75) is 13.3 Å². The molecule has 3 nitrogen and oxygen atoms in total. The minimum atomic E-state index is 0.409. The minimum Gasteiger partial charge on any atom is -0.300 e. The van der Waals surface area contributed by atoms with Gasteiger partial charge in [-0.15, -0.1) is 0 Å². The van der Waals surface area contributed by atoms with Gasteiger partial charge in [0.2, 0.25) is 0 Å². The summed E-state index contributed by atoms with van der Waals surface area (Å²) < 4.78 is 2.00. The van der Waals surface area contributed by atoms with Gasteiger partial charge in [-0.2, -0.15) is 5.26 Å². The zero-order valence-electron chi connectivity index (χ0n) is 7.36. The first-order chi connectivity index (χ1) is 6.33. The Kier molecular flexibility index (Phi) is 1.75. The SMILES string of the molecule is Cc1cccc2ncc(CC#N)n12. The van der Waals surface area contributed by atoms with E-state index in [9.17, 15) is 0 Å². The van der Waals surface area contributed by atoms with Crippen LogP contribution in [0.5, 0.6) is 0 Å². The predicted molar refractivity (Wildman–Crippen MR) is 49.2 cm³/mol. The second-order valence-electron chi connectivity index (χ2n) is 2.95. The lowest BCUT2D eigenvalue weighted by molar-refractivity contribution is 1.00. The van der Waals surface area contributed by atoms with Crippen LogP contribution in [0, 0.1) is 18.3 Å². The molecular formula is C10H9N3. The quantitative estimate of drug-likeness (QED) is 0.655. The predicted octanol–water partition coefficient (Wildman–Crippen LogP) is 1.71. The van der Waals surface area contributed by atoms with Gasteiger partial charge in [-0.25, -0.2) is 4.98 Å². The van der Waals surface area contributed by atoms with Crippen LogP contribution >= 0.6 is 0 Å². The molecule has 0 fully saturated rings. The molecule has 0 aliphatic heterocycles. The minimum absolute atomic E-state index is 0.409. The number of aromatic nitrogens is 2. The summed E-state index contributed by atoms with van der Waals surface area (Å²) in [5.41, 5.74) is 2.97. The maximum Gasteiger partial charge on any atom is 0.137 e. The van der Waals surface area contributed by atoms with Crippen LogP contribution in [0.15, 0.2) is 24.4 Å². The van der Waals surface area contributed by atoms with Crippen LogP contribution in [-0.2, 0) is 6.42 Å². The fourth-order valence-electron chi connectivity index (χ4n) is 1.48. The molecule has 0 amide bonds. The monoisotopic (exact) mass is 171 g/mol. The average molecular weight is 171 g/mol. The molecule has 0 atom stereocenters. The zero-order valence-corrected chi connectivity index (χ0v) is 7.36. The normalized spacial score (nSPS) is 10.2. The highest BCUT2D eigenvalue weighted by atomic mass is 15.0. The Bertz CT molecular complexity index is 476. The van der Waals surface area contributed by atoms with Crippen LogP contribution in [0.1, 0.15) is 11.4 Å². The number of aryl methyl sites for hydroxylation is 1. The van der Waals surface area contributed by atoms with Crippen LogP contribution in [0.25, 0.3) is 5.65 Å². The summed E-state index contributed by atoms with van der Waals surface area (Å²) in [5.74, 6) is 0. The Labute approximate surface area is 76.3 Å². The number of pyridine rings is 1. The van der Waals surface area contributed by atoms with Gasteiger partial charge in [0.05, 0.1) is 24.4 Å². The maximum atomic E-state index is 8.60. The molecule has 0 bridgehead atoms. The van der Waals surface area contributed by atoms with Crippen LogP contribution in [0.3, 0.4) is 0 Å². The number of nitrogens with zero attached hydrogens (tertiary/aromatic N) is 3. The first kappa shape index (κ1) is 7.81. The molecule has 0 aliphatic rings. The summed E-state index contributed by atoms with van der Waals surface area (Å²) in [4.78, 5) is 4.21.